The number of hydrogen-bond acceptors (Lipinski definition) is 2. The van der Waals surface area contributed by atoms with Gasteiger partial charge in [0.25, 0.3) is 0 Å². The normalized spacial score (nSPS) is 11.0. The fourth-order valence-corrected chi connectivity index (χ4v) is 3.38. The summed E-state index contributed by atoms with van der Waals surface area (Å²) < 4.78 is 7.49. The zero-order valence-electron chi connectivity index (χ0n) is 13.5. The van der Waals surface area contributed by atoms with Gasteiger partial charge in [0, 0.05) is 29.1 Å². The third-order valence-electron chi connectivity index (χ3n) is 4.27. The lowest BCUT2D eigenvalue weighted by molar-refractivity contribution is -0.107. The number of aldehydes is 1. The van der Waals surface area contributed by atoms with Gasteiger partial charge in [0.1, 0.15) is 12.0 Å². The van der Waals surface area contributed by atoms with Crippen molar-refractivity contribution >= 4 is 40.4 Å². The van der Waals surface area contributed by atoms with Gasteiger partial charge >= 0.3 is 0 Å². The smallest absolute Gasteiger partial charge is 0.138 e. The maximum absolute atomic E-state index is 11.1. The average molecular weight is 362 g/mol. The van der Waals surface area contributed by atoms with E-state index in [1.54, 1.807) is 7.11 Å². The highest BCUT2D eigenvalue weighted by atomic mass is 35.5. The zero-order chi connectivity index (χ0) is 17.3. The van der Waals surface area contributed by atoms with E-state index in [1.807, 2.05) is 43.3 Å². The molecule has 0 aliphatic carbocycles. The Bertz CT molecular complexity index is 898. The molecule has 24 heavy (non-hydrogen) atoms. The van der Waals surface area contributed by atoms with Crippen LogP contribution < -0.4 is 4.74 Å². The van der Waals surface area contributed by atoms with Gasteiger partial charge in [-0.25, -0.2) is 0 Å². The summed E-state index contributed by atoms with van der Waals surface area (Å²) in [6.45, 7) is 2.70. The molecular formula is C19H17Cl2NO2. The van der Waals surface area contributed by atoms with Gasteiger partial charge in [-0.15, -0.1) is 0 Å². The minimum Gasteiger partial charge on any atom is -0.495 e. The number of nitrogens with zero attached hydrogens (tertiary/aromatic N) is 1. The maximum atomic E-state index is 11.1. The molecule has 3 aromatic rings. The SMILES string of the molecule is COc1cc2c(CC=O)c(C)n(Cc3ccc(Cl)cc3)c2cc1Cl. The van der Waals surface area contributed by atoms with Crippen molar-refractivity contribution in [2.75, 3.05) is 7.11 Å². The van der Waals surface area contributed by atoms with E-state index in [1.165, 1.54) is 0 Å². The molecule has 3 nitrogen and oxygen atoms in total. The first kappa shape index (κ1) is 16.9. The summed E-state index contributed by atoms with van der Waals surface area (Å²) in [5.41, 5.74) is 4.18. The zero-order valence-corrected chi connectivity index (χ0v) is 15.0. The Balaban J connectivity index is 2.18. The van der Waals surface area contributed by atoms with Crippen LogP contribution in [0.4, 0.5) is 0 Å². The third kappa shape index (κ3) is 3.02. The number of carbonyl (C=O) groups is 1. The van der Waals surface area contributed by atoms with Crippen LogP contribution in [-0.4, -0.2) is 18.0 Å². The molecule has 124 valence electrons. The van der Waals surface area contributed by atoms with Crippen LogP contribution in [0.15, 0.2) is 36.4 Å². The van der Waals surface area contributed by atoms with Gasteiger partial charge in [0.2, 0.25) is 0 Å². The van der Waals surface area contributed by atoms with Gasteiger partial charge in [-0.3, -0.25) is 0 Å². The average Bonchev–Trinajstić information content (AvgIpc) is 2.81. The van der Waals surface area contributed by atoms with Crippen LogP contribution in [0.3, 0.4) is 0 Å². The van der Waals surface area contributed by atoms with Gasteiger partial charge < -0.3 is 14.1 Å². The summed E-state index contributed by atoms with van der Waals surface area (Å²) in [5, 5.41) is 2.26. The first-order chi connectivity index (χ1) is 11.5. The summed E-state index contributed by atoms with van der Waals surface area (Å²) in [6, 6.07) is 11.5. The van der Waals surface area contributed by atoms with E-state index in [0.717, 1.165) is 34.0 Å². The van der Waals surface area contributed by atoms with Gasteiger partial charge in [-0.2, -0.15) is 0 Å². The summed E-state index contributed by atoms with van der Waals surface area (Å²) >= 11 is 12.3. The highest BCUT2D eigenvalue weighted by Crippen LogP contribution is 2.35. The van der Waals surface area contributed by atoms with Crippen molar-refractivity contribution in [1.82, 2.24) is 4.57 Å². The number of methoxy groups -OCH3 is 1. The highest BCUT2D eigenvalue weighted by molar-refractivity contribution is 6.33. The molecule has 2 aromatic carbocycles. The quantitative estimate of drug-likeness (QED) is 0.595. The lowest BCUT2D eigenvalue weighted by Gasteiger charge is -2.10. The van der Waals surface area contributed by atoms with E-state index in [0.29, 0.717) is 28.8 Å². The summed E-state index contributed by atoms with van der Waals surface area (Å²) in [6.07, 6.45) is 1.29. The maximum Gasteiger partial charge on any atom is 0.138 e. The second-order valence-electron chi connectivity index (χ2n) is 5.65. The van der Waals surface area contributed by atoms with Crippen LogP contribution in [0.2, 0.25) is 10.0 Å². The van der Waals surface area contributed by atoms with Crippen molar-refractivity contribution < 1.29 is 9.53 Å². The monoisotopic (exact) mass is 361 g/mol. The van der Waals surface area contributed by atoms with E-state index >= 15 is 0 Å². The Kier molecular flexibility index (Phi) is 4.83. The Labute approximate surface area is 150 Å². The number of rotatable bonds is 5. The lowest BCUT2D eigenvalue weighted by atomic mass is 10.1. The molecule has 0 aliphatic rings. The molecule has 0 fully saturated rings. The van der Waals surface area contributed by atoms with Gasteiger partial charge in [0.05, 0.1) is 17.6 Å². The summed E-state index contributed by atoms with van der Waals surface area (Å²) in [4.78, 5) is 11.1. The number of aromatic nitrogens is 1. The van der Waals surface area contributed by atoms with E-state index in [9.17, 15) is 4.79 Å². The minimum absolute atomic E-state index is 0.362. The molecule has 0 spiro atoms. The third-order valence-corrected chi connectivity index (χ3v) is 4.82. The van der Waals surface area contributed by atoms with Crippen molar-refractivity contribution in [3.8, 4) is 5.75 Å². The first-order valence-electron chi connectivity index (χ1n) is 7.58. The van der Waals surface area contributed by atoms with Crippen molar-refractivity contribution in [3.05, 3.63) is 63.3 Å². The van der Waals surface area contributed by atoms with Gasteiger partial charge in [0.15, 0.2) is 0 Å². The predicted octanol–water partition coefficient (Wildman–Crippen LogP) is 5.05. The van der Waals surface area contributed by atoms with E-state index < -0.39 is 0 Å². The van der Waals surface area contributed by atoms with Crippen LogP contribution in [-0.2, 0) is 17.8 Å². The Morgan fingerprint density at radius 2 is 1.88 bits per heavy atom. The Morgan fingerprint density at radius 3 is 2.50 bits per heavy atom. The van der Waals surface area contributed by atoms with Crippen molar-refractivity contribution in [2.45, 2.75) is 19.9 Å². The van der Waals surface area contributed by atoms with Crippen LogP contribution in [0, 0.1) is 6.92 Å². The number of carbonyl (C=O) groups excluding carboxylic acids is 1. The standard InChI is InChI=1S/C19H17Cl2NO2/c1-12-15(7-8-23)16-9-19(24-2)17(21)10-18(16)22(12)11-13-3-5-14(20)6-4-13/h3-6,8-10H,7,11H2,1-2H3. The molecule has 0 amide bonds. The van der Waals surface area contributed by atoms with Crippen LogP contribution in [0.5, 0.6) is 5.75 Å². The molecule has 1 heterocycles. The number of fused-ring (bicyclic) bond motifs is 1. The number of halogens is 2. The van der Waals surface area contributed by atoms with Crippen molar-refractivity contribution in [1.29, 1.82) is 0 Å². The van der Waals surface area contributed by atoms with E-state index in [-0.39, 0.29) is 0 Å². The van der Waals surface area contributed by atoms with Crippen LogP contribution in [0.1, 0.15) is 16.8 Å². The lowest BCUT2D eigenvalue weighted by Crippen LogP contribution is -2.02. The van der Waals surface area contributed by atoms with E-state index in [4.69, 9.17) is 27.9 Å². The summed E-state index contributed by atoms with van der Waals surface area (Å²) in [7, 11) is 1.59. The predicted molar refractivity (Wildman–Crippen MR) is 98.6 cm³/mol. The minimum atomic E-state index is 0.362. The molecule has 5 heteroatoms. The van der Waals surface area contributed by atoms with Crippen LogP contribution >= 0.6 is 23.2 Å². The second-order valence-corrected chi connectivity index (χ2v) is 6.49. The topological polar surface area (TPSA) is 31.2 Å². The molecule has 0 atom stereocenters. The largest absolute Gasteiger partial charge is 0.495 e. The first-order valence-corrected chi connectivity index (χ1v) is 8.34. The molecule has 0 radical (unpaired) electrons. The molecule has 0 bridgehead atoms. The summed E-state index contributed by atoms with van der Waals surface area (Å²) in [5.74, 6) is 0.611. The molecule has 0 saturated heterocycles. The van der Waals surface area contributed by atoms with Crippen LogP contribution in [0.25, 0.3) is 10.9 Å². The molecule has 0 saturated carbocycles. The van der Waals surface area contributed by atoms with Crippen molar-refractivity contribution in [2.24, 2.45) is 0 Å². The number of hydrogen-bond donors (Lipinski definition) is 0. The molecule has 0 aliphatic heterocycles. The fraction of sp³-hybridized carbons (Fsp3) is 0.211. The van der Waals surface area contributed by atoms with Gasteiger partial charge in [-0.1, -0.05) is 35.3 Å². The molecule has 3 rings (SSSR count). The van der Waals surface area contributed by atoms with Crippen molar-refractivity contribution in [3.63, 3.8) is 0 Å². The molecule has 0 unspecified atom stereocenters. The Morgan fingerprint density at radius 1 is 1.17 bits per heavy atom. The number of benzene rings is 2. The second kappa shape index (κ2) is 6.88. The fourth-order valence-electron chi connectivity index (χ4n) is 3.02. The van der Waals surface area contributed by atoms with E-state index in [2.05, 4.69) is 4.57 Å². The molecule has 1 aromatic heterocycles. The van der Waals surface area contributed by atoms with Gasteiger partial charge in [-0.05, 0) is 42.3 Å². The number of ether oxygens (including phenoxy) is 1. The molecule has 0 N–H and O–H groups in total. The molecular weight excluding hydrogens is 345 g/mol. The Hall–Kier alpha value is -1.97. The highest BCUT2D eigenvalue weighted by Gasteiger charge is 2.16.